The molecule has 78 valence electrons. The van der Waals surface area contributed by atoms with Crippen molar-refractivity contribution in [1.82, 2.24) is 9.80 Å². The van der Waals surface area contributed by atoms with E-state index in [9.17, 15) is 0 Å². The molecule has 1 rings (SSSR count). The van der Waals surface area contributed by atoms with Crippen LogP contribution < -0.4 is 5.73 Å². The van der Waals surface area contributed by atoms with Crippen LogP contribution in [0, 0.1) is 0 Å². The van der Waals surface area contributed by atoms with Crippen molar-refractivity contribution in [3.8, 4) is 0 Å². The van der Waals surface area contributed by atoms with Crippen LogP contribution in [-0.2, 0) is 0 Å². The summed E-state index contributed by atoms with van der Waals surface area (Å²) in [5.41, 5.74) is 5.65. The van der Waals surface area contributed by atoms with E-state index in [1.165, 1.54) is 25.9 Å². The fraction of sp³-hybridized carbons (Fsp3) is 1.00. The predicted octanol–water partition coefficient (Wildman–Crippen LogP) is 0.360. The molecule has 0 bridgehead atoms. The van der Waals surface area contributed by atoms with Crippen molar-refractivity contribution >= 4 is 0 Å². The molecule has 13 heavy (non-hydrogen) atoms. The second-order valence-electron chi connectivity index (χ2n) is 4.32. The summed E-state index contributed by atoms with van der Waals surface area (Å²) < 4.78 is 0. The largest absolute Gasteiger partial charge is 0.329 e. The lowest BCUT2D eigenvalue weighted by molar-refractivity contribution is 0.117. The first-order chi connectivity index (χ1) is 6.15. The standard InChI is InChI=1S/C10H23N3/c1-9(8-11)13-6-4-10(5-7-13)12(2)3/h9-10H,4-8,11H2,1-3H3. The van der Waals surface area contributed by atoms with Crippen LogP contribution in [0.25, 0.3) is 0 Å². The van der Waals surface area contributed by atoms with E-state index in [1.54, 1.807) is 0 Å². The van der Waals surface area contributed by atoms with Gasteiger partial charge in [-0.2, -0.15) is 0 Å². The van der Waals surface area contributed by atoms with Crippen LogP contribution in [-0.4, -0.2) is 55.6 Å². The van der Waals surface area contributed by atoms with E-state index in [0.717, 1.165) is 12.6 Å². The van der Waals surface area contributed by atoms with Crippen molar-refractivity contribution in [3.05, 3.63) is 0 Å². The third-order valence-electron chi connectivity index (χ3n) is 3.19. The molecule has 1 heterocycles. The van der Waals surface area contributed by atoms with Crippen LogP contribution in [0.15, 0.2) is 0 Å². The fourth-order valence-electron chi connectivity index (χ4n) is 1.99. The second-order valence-corrected chi connectivity index (χ2v) is 4.32. The minimum Gasteiger partial charge on any atom is -0.329 e. The topological polar surface area (TPSA) is 32.5 Å². The Balaban J connectivity index is 2.30. The van der Waals surface area contributed by atoms with Crippen molar-refractivity contribution < 1.29 is 0 Å². The highest BCUT2D eigenvalue weighted by molar-refractivity contribution is 4.79. The van der Waals surface area contributed by atoms with E-state index in [4.69, 9.17) is 5.73 Å². The molecular formula is C10H23N3. The van der Waals surface area contributed by atoms with Gasteiger partial charge in [0, 0.05) is 18.6 Å². The van der Waals surface area contributed by atoms with Gasteiger partial charge in [0.1, 0.15) is 0 Å². The van der Waals surface area contributed by atoms with Gasteiger partial charge in [-0.25, -0.2) is 0 Å². The van der Waals surface area contributed by atoms with Gasteiger partial charge in [0.15, 0.2) is 0 Å². The van der Waals surface area contributed by atoms with Gasteiger partial charge in [-0.1, -0.05) is 0 Å². The Bertz CT molecular complexity index is 139. The third kappa shape index (κ3) is 2.93. The number of hydrogen-bond donors (Lipinski definition) is 1. The molecule has 1 fully saturated rings. The maximum atomic E-state index is 5.65. The van der Waals surface area contributed by atoms with Crippen molar-refractivity contribution in [2.24, 2.45) is 5.73 Å². The fourth-order valence-corrected chi connectivity index (χ4v) is 1.99. The highest BCUT2D eigenvalue weighted by atomic mass is 15.2. The number of hydrogen-bond acceptors (Lipinski definition) is 3. The molecule has 0 amide bonds. The zero-order valence-electron chi connectivity index (χ0n) is 9.16. The highest BCUT2D eigenvalue weighted by Crippen LogP contribution is 2.15. The molecule has 2 N–H and O–H groups in total. The summed E-state index contributed by atoms with van der Waals surface area (Å²) in [5.74, 6) is 0. The highest BCUT2D eigenvalue weighted by Gasteiger charge is 2.22. The summed E-state index contributed by atoms with van der Waals surface area (Å²) in [5, 5.41) is 0. The second kappa shape index (κ2) is 4.94. The Hall–Kier alpha value is -0.120. The molecule has 1 aliphatic heterocycles. The summed E-state index contributed by atoms with van der Waals surface area (Å²) in [6, 6.07) is 1.34. The molecule has 1 saturated heterocycles. The Kier molecular flexibility index (Phi) is 4.16. The van der Waals surface area contributed by atoms with Crippen LogP contribution in [0.4, 0.5) is 0 Å². The molecule has 0 radical (unpaired) electrons. The maximum Gasteiger partial charge on any atom is 0.0190 e. The summed E-state index contributed by atoms with van der Waals surface area (Å²) in [7, 11) is 4.35. The lowest BCUT2D eigenvalue weighted by Crippen LogP contribution is -2.47. The molecule has 3 heteroatoms. The van der Waals surface area contributed by atoms with Crippen molar-refractivity contribution in [1.29, 1.82) is 0 Å². The molecule has 1 unspecified atom stereocenters. The molecule has 0 aliphatic carbocycles. The van der Waals surface area contributed by atoms with Crippen LogP contribution in [0.3, 0.4) is 0 Å². The van der Waals surface area contributed by atoms with E-state index in [-0.39, 0.29) is 0 Å². The van der Waals surface area contributed by atoms with Gasteiger partial charge in [-0.05, 0) is 47.0 Å². The Morgan fingerprint density at radius 1 is 1.38 bits per heavy atom. The van der Waals surface area contributed by atoms with Gasteiger partial charge in [-0.3, -0.25) is 4.90 Å². The molecule has 0 spiro atoms. The number of nitrogens with two attached hydrogens (primary N) is 1. The van der Waals surface area contributed by atoms with Gasteiger partial charge >= 0.3 is 0 Å². The summed E-state index contributed by atoms with van der Waals surface area (Å²) >= 11 is 0. The first kappa shape index (κ1) is 11.0. The van der Waals surface area contributed by atoms with Crippen molar-refractivity contribution in [2.75, 3.05) is 33.7 Å². The average Bonchev–Trinajstić information content (AvgIpc) is 2.17. The minimum atomic E-state index is 0.558. The van der Waals surface area contributed by atoms with Crippen molar-refractivity contribution in [3.63, 3.8) is 0 Å². The Labute approximate surface area is 81.9 Å². The van der Waals surface area contributed by atoms with Gasteiger partial charge in [0.2, 0.25) is 0 Å². The SMILES string of the molecule is CC(CN)N1CCC(N(C)C)CC1. The molecule has 1 aliphatic rings. The molecule has 0 aromatic rings. The molecule has 3 nitrogen and oxygen atoms in total. The first-order valence-corrected chi connectivity index (χ1v) is 5.25. The molecule has 0 aromatic heterocycles. The van der Waals surface area contributed by atoms with E-state index >= 15 is 0 Å². The van der Waals surface area contributed by atoms with Gasteiger partial charge in [-0.15, -0.1) is 0 Å². The van der Waals surface area contributed by atoms with E-state index in [2.05, 4.69) is 30.8 Å². The van der Waals surface area contributed by atoms with Crippen molar-refractivity contribution in [2.45, 2.75) is 31.8 Å². The Morgan fingerprint density at radius 2 is 1.92 bits per heavy atom. The Morgan fingerprint density at radius 3 is 2.31 bits per heavy atom. The average molecular weight is 185 g/mol. The summed E-state index contributed by atoms with van der Waals surface area (Å²) in [6.07, 6.45) is 2.58. The quantitative estimate of drug-likeness (QED) is 0.689. The molecule has 0 aromatic carbocycles. The lowest BCUT2D eigenvalue weighted by atomic mass is 10.0. The van der Waals surface area contributed by atoms with Crippen LogP contribution in [0.2, 0.25) is 0 Å². The number of likely N-dealkylation sites (tertiary alicyclic amines) is 1. The number of piperidine rings is 1. The summed E-state index contributed by atoms with van der Waals surface area (Å²) in [6.45, 7) is 5.42. The first-order valence-electron chi connectivity index (χ1n) is 5.25. The minimum absolute atomic E-state index is 0.558. The molecule has 1 atom stereocenters. The van der Waals surface area contributed by atoms with E-state index < -0.39 is 0 Å². The zero-order valence-corrected chi connectivity index (χ0v) is 9.16. The number of rotatable bonds is 3. The third-order valence-corrected chi connectivity index (χ3v) is 3.19. The van der Waals surface area contributed by atoms with E-state index in [0.29, 0.717) is 6.04 Å². The monoisotopic (exact) mass is 185 g/mol. The van der Waals surface area contributed by atoms with Crippen LogP contribution >= 0.6 is 0 Å². The normalized spacial score (nSPS) is 23.8. The van der Waals surface area contributed by atoms with Gasteiger partial charge in [0.05, 0.1) is 0 Å². The maximum absolute atomic E-state index is 5.65. The smallest absolute Gasteiger partial charge is 0.0190 e. The number of nitrogens with zero attached hydrogens (tertiary/aromatic N) is 2. The zero-order chi connectivity index (χ0) is 9.84. The predicted molar refractivity (Wildman–Crippen MR) is 56.8 cm³/mol. The van der Waals surface area contributed by atoms with Gasteiger partial charge < -0.3 is 10.6 Å². The van der Waals surface area contributed by atoms with Crippen LogP contribution in [0.1, 0.15) is 19.8 Å². The lowest BCUT2D eigenvalue weighted by Gasteiger charge is -2.37. The molecular weight excluding hydrogens is 162 g/mol. The van der Waals surface area contributed by atoms with E-state index in [1.807, 2.05) is 0 Å². The van der Waals surface area contributed by atoms with Crippen LogP contribution in [0.5, 0.6) is 0 Å². The van der Waals surface area contributed by atoms with Gasteiger partial charge in [0.25, 0.3) is 0 Å². The molecule has 0 saturated carbocycles. The summed E-state index contributed by atoms with van der Waals surface area (Å²) in [4.78, 5) is 4.84.